The van der Waals surface area contributed by atoms with E-state index in [1.54, 1.807) is 20.0 Å². The normalized spacial score (nSPS) is 12.1. The Morgan fingerprint density at radius 3 is 2.96 bits per heavy atom. The van der Waals surface area contributed by atoms with E-state index in [1.807, 2.05) is 30.3 Å². The van der Waals surface area contributed by atoms with Crippen molar-refractivity contribution >= 4 is 16.8 Å². The minimum Gasteiger partial charge on any atom is -0.482 e. The van der Waals surface area contributed by atoms with Crippen LogP contribution < -0.4 is 10.1 Å². The molecule has 0 aliphatic heterocycles. The number of hydrogen-bond acceptors (Lipinski definition) is 7. The van der Waals surface area contributed by atoms with Crippen molar-refractivity contribution < 1.29 is 13.9 Å². The van der Waals surface area contributed by atoms with Gasteiger partial charge in [-0.25, -0.2) is 9.97 Å². The van der Waals surface area contributed by atoms with E-state index in [2.05, 4.69) is 30.5 Å². The second-order valence-electron chi connectivity index (χ2n) is 6.22. The first kappa shape index (κ1) is 17.7. The Morgan fingerprint density at radius 2 is 2.14 bits per heavy atom. The molecule has 0 spiro atoms. The fourth-order valence-corrected chi connectivity index (χ4v) is 2.70. The van der Waals surface area contributed by atoms with E-state index in [0.717, 1.165) is 10.9 Å². The average molecular weight is 378 g/mol. The Bertz CT molecular complexity index is 1110. The highest BCUT2D eigenvalue weighted by molar-refractivity contribution is 5.92. The molecule has 9 heteroatoms. The number of para-hydroxylation sites is 1. The third-order valence-corrected chi connectivity index (χ3v) is 4.08. The minimum atomic E-state index is -0.378. The average Bonchev–Trinajstić information content (AvgIpc) is 3.35. The molecule has 0 radical (unpaired) electrons. The molecule has 2 N–H and O–H groups in total. The van der Waals surface area contributed by atoms with Crippen LogP contribution in [0.25, 0.3) is 10.9 Å². The number of benzene rings is 1. The van der Waals surface area contributed by atoms with Crippen molar-refractivity contribution in [1.29, 1.82) is 0 Å². The number of carbonyl (C=O) groups excluding carboxylic acids is 1. The number of rotatable bonds is 6. The lowest BCUT2D eigenvalue weighted by Gasteiger charge is -2.08. The standard InChI is InChI=1S/C19H18N6O3/c1-11(18-22-12(2)24-25-18)21-19(26)14-9-28-16(23-14)10-27-15-7-3-5-13-6-4-8-20-17(13)15/h3-9,11H,10H2,1-2H3,(H,21,26)(H,22,24,25). The van der Waals surface area contributed by atoms with Crippen molar-refractivity contribution in [3.8, 4) is 5.75 Å². The Morgan fingerprint density at radius 1 is 1.29 bits per heavy atom. The lowest BCUT2D eigenvalue weighted by Crippen LogP contribution is -2.27. The minimum absolute atomic E-state index is 0.0820. The molecule has 3 aromatic heterocycles. The van der Waals surface area contributed by atoms with Gasteiger partial charge >= 0.3 is 0 Å². The van der Waals surface area contributed by atoms with Crippen molar-refractivity contribution in [2.75, 3.05) is 0 Å². The van der Waals surface area contributed by atoms with E-state index >= 15 is 0 Å². The van der Waals surface area contributed by atoms with Gasteiger partial charge in [0.1, 0.15) is 23.4 Å². The van der Waals surface area contributed by atoms with Gasteiger partial charge < -0.3 is 14.5 Å². The van der Waals surface area contributed by atoms with Gasteiger partial charge in [0.25, 0.3) is 5.91 Å². The molecular weight excluding hydrogens is 360 g/mol. The first-order valence-electron chi connectivity index (χ1n) is 8.71. The molecule has 3 heterocycles. The molecular formula is C19H18N6O3. The second kappa shape index (κ2) is 7.47. The number of nitrogens with one attached hydrogen (secondary N) is 2. The molecule has 0 bridgehead atoms. The number of ether oxygens (including phenoxy) is 1. The zero-order valence-corrected chi connectivity index (χ0v) is 15.3. The van der Waals surface area contributed by atoms with Crippen LogP contribution >= 0.6 is 0 Å². The monoisotopic (exact) mass is 378 g/mol. The number of H-pyrrole nitrogens is 1. The van der Waals surface area contributed by atoms with Gasteiger partial charge in [0.2, 0.25) is 5.89 Å². The molecule has 4 aromatic rings. The summed E-state index contributed by atoms with van der Waals surface area (Å²) >= 11 is 0. The van der Waals surface area contributed by atoms with Gasteiger partial charge in [0, 0.05) is 11.6 Å². The number of oxazole rings is 1. The third kappa shape index (κ3) is 3.68. The highest BCUT2D eigenvalue weighted by Gasteiger charge is 2.18. The quantitative estimate of drug-likeness (QED) is 0.529. The number of amides is 1. The predicted octanol–water partition coefficient (Wildman–Crippen LogP) is 2.72. The van der Waals surface area contributed by atoms with E-state index in [9.17, 15) is 4.79 Å². The molecule has 1 amide bonds. The number of fused-ring (bicyclic) bond motifs is 1. The fourth-order valence-electron chi connectivity index (χ4n) is 2.70. The number of aryl methyl sites for hydroxylation is 1. The topological polar surface area (TPSA) is 119 Å². The van der Waals surface area contributed by atoms with Crippen molar-refractivity contribution in [1.82, 2.24) is 30.5 Å². The molecule has 0 aliphatic carbocycles. The molecule has 142 valence electrons. The van der Waals surface area contributed by atoms with Crippen LogP contribution in [0, 0.1) is 6.92 Å². The Balaban J connectivity index is 1.40. The largest absolute Gasteiger partial charge is 0.482 e. The second-order valence-corrected chi connectivity index (χ2v) is 6.22. The van der Waals surface area contributed by atoms with Crippen LogP contribution in [-0.4, -0.2) is 31.1 Å². The number of aromatic nitrogens is 5. The van der Waals surface area contributed by atoms with Crippen LogP contribution in [0.2, 0.25) is 0 Å². The van der Waals surface area contributed by atoms with Crippen LogP contribution in [0.3, 0.4) is 0 Å². The van der Waals surface area contributed by atoms with E-state index in [4.69, 9.17) is 9.15 Å². The summed E-state index contributed by atoms with van der Waals surface area (Å²) in [4.78, 5) is 25.1. The number of carbonyl (C=O) groups is 1. The Kier molecular flexibility index (Phi) is 4.71. The predicted molar refractivity (Wildman–Crippen MR) is 99.6 cm³/mol. The zero-order valence-electron chi connectivity index (χ0n) is 15.3. The molecule has 1 aromatic carbocycles. The van der Waals surface area contributed by atoms with Gasteiger partial charge in [-0.1, -0.05) is 18.2 Å². The van der Waals surface area contributed by atoms with Gasteiger partial charge in [0.15, 0.2) is 18.1 Å². The van der Waals surface area contributed by atoms with Crippen molar-refractivity contribution in [2.45, 2.75) is 26.5 Å². The van der Waals surface area contributed by atoms with Crippen molar-refractivity contribution in [3.05, 3.63) is 66.0 Å². The highest BCUT2D eigenvalue weighted by atomic mass is 16.5. The molecule has 1 unspecified atom stereocenters. The molecule has 0 saturated carbocycles. The van der Waals surface area contributed by atoms with Gasteiger partial charge in [-0.3, -0.25) is 14.9 Å². The number of hydrogen-bond donors (Lipinski definition) is 2. The van der Waals surface area contributed by atoms with Crippen LogP contribution in [0.5, 0.6) is 5.75 Å². The Labute approximate surface area is 160 Å². The maximum absolute atomic E-state index is 12.3. The van der Waals surface area contributed by atoms with E-state index < -0.39 is 0 Å². The van der Waals surface area contributed by atoms with Crippen molar-refractivity contribution in [3.63, 3.8) is 0 Å². The summed E-state index contributed by atoms with van der Waals surface area (Å²) in [5.41, 5.74) is 0.916. The van der Waals surface area contributed by atoms with E-state index in [1.165, 1.54) is 6.26 Å². The zero-order chi connectivity index (χ0) is 19.5. The van der Waals surface area contributed by atoms with Gasteiger partial charge in [-0.2, -0.15) is 5.10 Å². The molecule has 28 heavy (non-hydrogen) atoms. The smallest absolute Gasteiger partial charge is 0.273 e. The van der Waals surface area contributed by atoms with Crippen LogP contribution in [-0.2, 0) is 6.61 Å². The van der Waals surface area contributed by atoms with Crippen molar-refractivity contribution in [2.24, 2.45) is 0 Å². The molecule has 0 aliphatic rings. The third-order valence-electron chi connectivity index (χ3n) is 4.08. The molecule has 0 saturated heterocycles. The van der Waals surface area contributed by atoms with E-state index in [0.29, 0.717) is 23.3 Å². The van der Waals surface area contributed by atoms with Crippen LogP contribution in [0.4, 0.5) is 0 Å². The van der Waals surface area contributed by atoms with Gasteiger partial charge in [-0.15, -0.1) is 0 Å². The van der Waals surface area contributed by atoms with E-state index in [-0.39, 0.29) is 24.2 Å². The van der Waals surface area contributed by atoms with Gasteiger partial charge in [-0.05, 0) is 26.0 Å². The maximum atomic E-state index is 12.3. The summed E-state index contributed by atoms with van der Waals surface area (Å²) in [7, 11) is 0. The Hall–Kier alpha value is -3.75. The molecule has 9 nitrogen and oxygen atoms in total. The summed E-state index contributed by atoms with van der Waals surface area (Å²) in [5, 5.41) is 10.5. The lowest BCUT2D eigenvalue weighted by molar-refractivity contribution is 0.0933. The van der Waals surface area contributed by atoms with Gasteiger partial charge in [0.05, 0.1) is 6.04 Å². The van der Waals surface area contributed by atoms with Crippen LogP contribution in [0.15, 0.2) is 47.2 Å². The number of pyridine rings is 1. The number of aromatic amines is 1. The molecule has 0 fully saturated rings. The summed E-state index contributed by atoms with van der Waals surface area (Å²) < 4.78 is 11.1. The summed E-state index contributed by atoms with van der Waals surface area (Å²) in [6.07, 6.45) is 3.00. The lowest BCUT2D eigenvalue weighted by atomic mass is 10.2. The van der Waals surface area contributed by atoms with Crippen LogP contribution in [0.1, 0.15) is 41.0 Å². The summed E-state index contributed by atoms with van der Waals surface area (Å²) in [6, 6.07) is 9.13. The maximum Gasteiger partial charge on any atom is 0.273 e. The first-order valence-corrected chi connectivity index (χ1v) is 8.71. The number of nitrogens with zero attached hydrogens (tertiary/aromatic N) is 4. The highest BCUT2D eigenvalue weighted by Crippen LogP contribution is 2.23. The summed E-state index contributed by atoms with van der Waals surface area (Å²) in [5.74, 6) is 1.72. The summed E-state index contributed by atoms with van der Waals surface area (Å²) in [6.45, 7) is 3.66. The SMILES string of the molecule is Cc1nc(C(C)NC(=O)c2coc(COc3cccc4cccnc34)n2)n[nH]1. The fraction of sp³-hybridized carbons (Fsp3) is 0.211. The molecule has 1 atom stereocenters. The molecule has 4 rings (SSSR count). The first-order chi connectivity index (χ1) is 13.6.